The Labute approximate surface area is 182 Å². The van der Waals surface area contributed by atoms with Crippen LogP contribution in [0.1, 0.15) is 10.4 Å². The zero-order valence-corrected chi connectivity index (χ0v) is 17.7. The van der Waals surface area contributed by atoms with Gasteiger partial charge < -0.3 is 9.15 Å². The maximum Gasteiger partial charge on any atom is 0.346 e. The van der Waals surface area contributed by atoms with Crippen molar-refractivity contribution < 1.29 is 13.9 Å². The van der Waals surface area contributed by atoms with Crippen LogP contribution in [-0.4, -0.2) is 11.0 Å². The molecule has 0 amide bonds. The first-order valence-corrected chi connectivity index (χ1v) is 10.6. The highest BCUT2D eigenvalue weighted by Crippen LogP contribution is 2.30. The lowest BCUT2D eigenvalue weighted by molar-refractivity contribution is 0.0734. The standard InChI is InChI=1S/C23H12BrNO4S/c24-17-6-2-1-5-15(17)22(26)28-14-10-9-13-11-16(23(27)29-19(13)12-14)21-25-18-7-3-4-8-20(18)30-21/h1-12H. The molecule has 5 rings (SSSR count). The number of hydrogen-bond donors (Lipinski definition) is 0. The van der Waals surface area contributed by atoms with E-state index < -0.39 is 11.6 Å². The molecule has 5 nitrogen and oxygen atoms in total. The molecule has 0 saturated heterocycles. The van der Waals surface area contributed by atoms with Gasteiger partial charge in [0.15, 0.2) is 0 Å². The van der Waals surface area contributed by atoms with Crippen molar-refractivity contribution in [2.75, 3.05) is 0 Å². The summed E-state index contributed by atoms with van der Waals surface area (Å²) in [5.74, 6) is -0.214. The fourth-order valence-electron chi connectivity index (χ4n) is 3.08. The van der Waals surface area contributed by atoms with E-state index in [1.54, 1.807) is 36.4 Å². The molecular weight excluding hydrogens is 466 g/mol. The van der Waals surface area contributed by atoms with Crippen LogP contribution < -0.4 is 10.4 Å². The summed E-state index contributed by atoms with van der Waals surface area (Å²) in [4.78, 5) is 29.5. The number of hydrogen-bond acceptors (Lipinski definition) is 6. The van der Waals surface area contributed by atoms with E-state index in [1.807, 2.05) is 30.3 Å². The van der Waals surface area contributed by atoms with Gasteiger partial charge in [-0.1, -0.05) is 24.3 Å². The Kier molecular flexibility index (Phi) is 4.69. The third kappa shape index (κ3) is 3.42. The predicted molar refractivity (Wildman–Crippen MR) is 120 cm³/mol. The number of para-hydroxylation sites is 1. The average Bonchev–Trinajstić information content (AvgIpc) is 3.17. The van der Waals surface area contributed by atoms with Gasteiger partial charge in [-0.15, -0.1) is 11.3 Å². The van der Waals surface area contributed by atoms with Crippen molar-refractivity contribution in [3.05, 3.63) is 93.3 Å². The maximum atomic E-state index is 12.6. The molecule has 0 radical (unpaired) electrons. The smallest absolute Gasteiger partial charge is 0.346 e. The molecule has 5 aromatic rings. The van der Waals surface area contributed by atoms with Gasteiger partial charge in [0.05, 0.1) is 21.3 Å². The Hall–Kier alpha value is -3.29. The second-order valence-electron chi connectivity index (χ2n) is 6.50. The van der Waals surface area contributed by atoms with Crippen molar-refractivity contribution in [2.24, 2.45) is 0 Å². The molecule has 0 N–H and O–H groups in total. The molecule has 0 aliphatic carbocycles. The van der Waals surface area contributed by atoms with Crippen LogP contribution in [0.5, 0.6) is 5.75 Å². The molecule has 0 aliphatic heterocycles. The van der Waals surface area contributed by atoms with Gasteiger partial charge in [0.2, 0.25) is 0 Å². The summed E-state index contributed by atoms with van der Waals surface area (Å²) in [6.07, 6.45) is 0. The van der Waals surface area contributed by atoms with Crippen LogP contribution in [0.4, 0.5) is 0 Å². The summed E-state index contributed by atoms with van der Waals surface area (Å²) >= 11 is 4.78. The molecule has 0 fully saturated rings. The predicted octanol–water partition coefficient (Wildman–Crippen LogP) is 6.05. The summed E-state index contributed by atoms with van der Waals surface area (Å²) in [5.41, 5.74) is 1.50. The molecule has 0 atom stereocenters. The number of fused-ring (bicyclic) bond motifs is 2. The number of thiazole rings is 1. The molecule has 7 heteroatoms. The van der Waals surface area contributed by atoms with Gasteiger partial charge in [0, 0.05) is 15.9 Å². The summed E-state index contributed by atoms with van der Waals surface area (Å²) in [7, 11) is 0. The maximum absolute atomic E-state index is 12.6. The lowest BCUT2D eigenvalue weighted by Gasteiger charge is -2.07. The van der Waals surface area contributed by atoms with E-state index in [9.17, 15) is 9.59 Å². The molecular formula is C23H12BrNO4S. The summed E-state index contributed by atoms with van der Waals surface area (Å²) in [6, 6.07) is 21.4. The number of nitrogens with zero attached hydrogens (tertiary/aromatic N) is 1. The fourth-order valence-corrected chi connectivity index (χ4v) is 4.50. The SMILES string of the molecule is O=C(Oc1ccc2cc(-c3nc4ccccc4s3)c(=O)oc2c1)c1ccccc1Br. The first-order valence-electron chi connectivity index (χ1n) is 8.99. The number of carbonyl (C=O) groups excluding carboxylic acids is 1. The first-order chi connectivity index (χ1) is 14.6. The normalized spacial score (nSPS) is 11.1. The molecule has 2 aromatic heterocycles. The molecule has 3 aromatic carbocycles. The lowest BCUT2D eigenvalue weighted by atomic mass is 10.2. The van der Waals surface area contributed by atoms with E-state index >= 15 is 0 Å². The van der Waals surface area contributed by atoms with Crippen molar-refractivity contribution in [2.45, 2.75) is 0 Å². The number of carbonyl (C=O) groups is 1. The second kappa shape index (κ2) is 7.51. The summed E-state index contributed by atoms with van der Waals surface area (Å²) < 4.78 is 12.6. The van der Waals surface area contributed by atoms with Crippen molar-refractivity contribution in [3.63, 3.8) is 0 Å². The molecule has 0 unspecified atom stereocenters. The zero-order valence-electron chi connectivity index (χ0n) is 15.3. The van der Waals surface area contributed by atoms with E-state index in [2.05, 4.69) is 20.9 Å². The fraction of sp³-hybridized carbons (Fsp3) is 0. The molecule has 30 heavy (non-hydrogen) atoms. The summed E-state index contributed by atoms with van der Waals surface area (Å²) in [6.45, 7) is 0. The monoisotopic (exact) mass is 477 g/mol. The van der Waals surface area contributed by atoms with Crippen LogP contribution >= 0.6 is 27.3 Å². The van der Waals surface area contributed by atoms with Gasteiger partial charge in [-0.3, -0.25) is 0 Å². The Morgan fingerprint density at radius 2 is 1.80 bits per heavy atom. The highest BCUT2D eigenvalue weighted by atomic mass is 79.9. The number of halogens is 1. The van der Waals surface area contributed by atoms with E-state index in [0.29, 0.717) is 37.3 Å². The number of ether oxygens (including phenoxy) is 1. The van der Waals surface area contributed by atoms with E-state index in [1.165, 1.54) is 17.4 Å². The number of benzene rings is 3. The first kappa shape index (κ1) is 18.7. The van der Waals surface area contributed by atoms with E-state index in [4.69, 9.17) is 9.15 Å². The van der Waals surface area contributed by atoms with E-state index in [0.717, 1.165) is 10.2 Å². The van der Waals surface area contributed by atoms with E-state index in [-0.39, 0.29) is 0 Å². The largest absolute Gasteiger partial charge is 0.423 e. The van der Waals surface area contributed by atoms with Gasteiger partial charge >= 0.3 is 11.6 Å². The van der Waals surface area contributed by atoms with Gasteiger partial charge in [-0.2, -0.15) is 0 Å². The zero-order chi connectivity index (χ0) is 20.7. The quantitative estimate of drug-likeness (QED) is 0.179. The second-order valence-corrected chi connectivity index (χ2v) is 8.39. The third-order valence-corrected chi connectivity index (χ3v) is 6.30. The van der Waals surface area contributed by atoms with Crippen molar-refractivity contribution in [1.82, 2.24) is 4.98 Å². The summed E-state index contributed by atoms with van der Waals surface area (Å²) in [5, 5.41) is 1.32. The Morgan fingerprint density at radius 1 is 1.00 bits per heavy atom. The van der Waals surface area contributed by atoms with Crippen LogP contribution in [0.15, 0.2) is 86.5 Å². The Bertz CT molecular complexity index is 1450. The molecule has 0 bridgehead atoms. The average molecular weight is 478 g/mol. The minimum Gasteiger partial charge on any atom is -0.423 e. The van der Waals surface area contributed by atoms with Crippen molar-refractivity contribution in [1.29, 1.82) is 0 Å². The van der Waals surface area contributed by atoms with Gasteiger partial charge in [-0.05, 0) is 58.4 Å². The number of aromatic nitrogens is 1. The third-order valence-electron chi connectivity index (χ3n) is 4.54. The van der Waals surface area contributed by atoms with Gasteiger partial charge in [0.25, 0.3) is 0 Å². The molecule has 2 heterocycles. The minimum atomic E-state index is -0.504. The topological polar surface area (TPSA) is 69.4 Å². The highest BCUT2D eigenvalue weighted by molar-refractivity contribution is 9.10. The van der Waals surface area contributed by atoms with Crippen LogP contribution in [0.2, 0.25) is 0 Å². The Morgan fingerprint density at radius 3 is 2.63 bits per heavy atom. The van der Waals surface area contributed by atoms with Gasteiger partial charge in [-0.25, -0.2) is 14.6 Å². The van der Waals surface area contributed by atoms with Crippen LogP contribution in [0.25, 0.3) is 31.8 Å². The minimum absolute atomic E-state index is 0.291. The van der Waals surface area contributed by atoms with Crippen LogP contribution in [0, 0.1) is 0 Å². The highest BCUT2D eigenvalue weighted by Gasteiger charge is 2.15. The molecule has 0 spiro atoms. The molecule has 0 aliphatic rings. The van der Waals surface area contributed by atoms with Crippen molar-refractivity contribution >= 4 is 54.4 Å². The van der Waals surface area contributed by atoms with Crippen molar-refractivity contribution in [3.8, 4) is 16.3 Å². The van der Waals surface area contributed by atoms with Gasteiger partial charge in [0.1, 0.15) is 16.3 Å². The Balaban J connectivity index is 1.50. The van der Waals surface area contributed by atoms with Crippen LogP contribution in [0.3, 0.4) is 0 Å². The number of esters is 1. The molecule has 0 saturated carbocycles. The molecule has 146 valence electrons. The van der Waals surface area contributed by atoms with Crippen LogP contribution in [-0.2, 0) is 0 Å². The lowest BCUT2D eigenvalue weighted by Crippen LogP contribution is -2.09. The number of rotatable bonds is 3.